The average molecular weight is 453 g/mol. The van der Waals surface area contributed by atoms with Crippen molar-refractivity contribution in [2.75, 3.05) is 5.32 Å². The number of amides is 3. The van der Waals surface area contributed by atoms with Crippen LogP contribution in [0.25, 0.3) is 0 Å². The number of nitrogens with one attached hydrogen (secondary N) is 1. The molecule has 0 atom stereocenters. The molecule has 5 nitrogen and oxygen atoms in total. The zero-order chi connectivity index (χ0) is 20.5. The molecule has 0 fully saturated rings. The van der Waals surface area contributed by atoms with Crippen LogP contribution in [-0.4, -0.2) is 22.6 Å². The summed E-state index contributed by atoms with van der Waals surface area (Å²) in [6, 6.07) is 17.5. The molecule has 0 aliphatic carbocycles. The van der Waals surface area contributed by atoms with Gasteiger partial charge in [0.05, 0.1) is 23.4 Å². The minimum atomic E-state index is -0.560. The third kappa shape index (κ3) is 3.69. The van der Waals surface area contributed by atoms with Gasteiger partial charge in [-0.15, -0.1) is 0 Å². The van der Waals surface area contributed by atoms with Gasteiger partial charge in [-0.2, -0.15) is 0 Å². The van der Waals surface area contributed by atoms with Crippen LogP contribution in [-0.2, 0) is 6.54 Å². The Hall–Kier alpha value is -3.32. The van der Waals surface area contributed by atoms with Crippen LogP contribution < -0.4 is 5.32 Å². The van der Waals surface area contributed by atoms with Gasteiger partial charge in [0.15, 0.2) is 0 Å². The number of carbonyl (C=O) groups excluding carboxylic acids is 3. The Bertz CT molecular complexity index is 1130. The fourth-order valence-corrected chi connectivity index (χ4v) is 3.49. The summed E-state index contributed by atoms with van der Waals surface area (Å²) in [4.78, 5) is 38.7. The molecule has 0 radical (unpaired) electrons. The van der Waals surface area contributed by atoms with Crippen LogP contribution in [0.1, 0.15) is 36.6 Å². The van der Waals surface area contributed by atoms with Crippen molar-refractivity contribution in [3.05, 3.63) is 99.3 Å². The minimum absolute atomic E-state index is 0.0418. The lowest BCUT2D eigenvalue weighted by molar-refractivity contribution is 0.0642. The van der Waals surface area contributed by atoms with Gasteiger partial charge in [-0.1, -0.05) is 40.2 Å². The lowest BCUT2D eigenvalue weighted by atomic mass is 10.1. The topological polar surface area (TPSA) is 66.5 Å². The predicted molar refractivity (Wildman–Crippen MR) is 109 cm³/mol. The van der Waals surface area contributed by atoms with E-state index in [-0.39, 0.29) is 24.0 Å². The van der Waals surface area contributed by atoms with E-state index in [0.29, 0.717) is 26.7 Å². The van der Waals surface area contributed by atoms with Gasteiger partial charge in [0, 0.05) is 10.0 Å². The maximum atomic E-state index is 14.0. The molecule has 4 rings (SSSR count). The van der Waals surface area contributed by atoms with Crippen molar-refractivity contribution in [3.8, 4) is 0 Å². The van der Waals surface area contributed by atoms with Crippen molar-refractivity contribution in [3.63, 3.8) is 0 Å². The van der Waals surface area contributed by atoms with E-state index >= 15 is 0 Å². The molecule has 0 spiro atoms. The molecule has 1 heterocycles. The average Bonchev–Trinajstić information content (AvgIpc) is 2.95. The molecule has 29 heavy (non-hydrogen) atoms. The van der Waals surface area contributed by atoms with E-state index in [4.69, 9.17) is 0 Å². The number of rotatable bonds is 4. The lowest BCUT2D eigenvalue weighted by Crippen LogP contribution is -2.29. The van der Waals surface area contributed by atoms with Crippen LogP contribution in [0.5, 0.6) is 0 Å². The molecule has 3 amide bonds. The van der Waals surface area contributed by atoms with Crippen molar-refractivity contribution < 1.29 is 18.8 Å². The molecule has 0 aromatic heterocycles. The highest BCUT2D eigenvalue weighted by atomic mass is 79.9. The first-order chi connectivity index (χ1) is 13.9. The molecule has 1 aliphatic rings. The van der Waals surface area contributed by atoms with Crippen LogP contribution in [0.3, 0.4) is 0 Å². The second-order valence-electron chi connectivity index (χ2n) is 6.52. The van der Waals surface area contributed by atoms with Crippen LogP contribution in [0, 0.1) is 5.82 Å². The van der Waals surface area contributed by atoms with Crippen molar-refractivity contribution in [2.45, 2.75) is 6.54 Å². The first kappa shape index (κ1) is 19.0. The first-order valence-corrected chi connectivity index (χ1v) is 9.54. The van der Waals surface area contributed by atoms with Crippen molar-refractivity contribution in [2.24, 2.45) is 0 Å². The summed E-state index contributed by atoms with van der Waals surface area (Å²) < 4.78 is 14.5. The molecule has 0 bridgehead atoms. The second-order valence-corrected chi connectivity index (χ2v) is 7.44. The highest BCUT2D eigenvalue weighted by Gasteiger charge is 2.34. The Kier molecular flexibility index (Phi) is 4.98. The van der Waals surface area contributed by atoms with Crippen molar-refractivity contribution in [1.29, 1.82) is 0 Å². The monoisotopic (exact) mass is 452 g/mol. The van der Waals surface area contributed by atoms with Gasteiger partial charge in [-0.25, -0.2) is 4.39 Å². The number of benzene rings is 3. The van der Waals surface area contributed by atoms with Gasteiger partial charge in [-0.05, 0) is 48.0 Å². The Morgan fingerprint density at radius 1 is 0.931 bits per heavy atom. The highest BCUT2D eigenvalue weighted by molar-refractivity contribution is 9.10. The maximum Gasteiger partial charge on any atom is 0.261 e. The SMILES string of the molecule is O=C(Nc1ccc(Br)cc1F)c1cccc(CN2C(=O)c3ccccc3C2=O)c1. The summed E-state index contributed by atoms with van der Waals surface area (Å²) in [7, 11) is 0. The van der Waals surface area contributed by atoms with Crippen LogP contribution in [0.15, 0.2) is 71.2 Å². The second kappa shape index (κ2) is 7.60. The Morgan fingerprint density at radius 2 is 1.62 bits per heavy atom. The summed E-state index contributed by atoms with van der Waals surface area (Å²) in [5, 5.41) is 2.52. The first-order valence-electron chi connectivity index (χ1n) is 8.74. The van der Waals surface area contributed by atoms with E-state index in [0.717, 1.165) is 4.90 Å². The number of fused-ring (bicyclic) bond motifs is 1. The van der Waals surface area contributed by atoms with Gasteiger partial charge >= 0.3 is 0 Å². The molecular weight excluding hydrogens is 439 g/mol. The Labute approximate surface area is 174 Å². The molecule has 1 N–H and O–H groups in total. The Balaban J connectivity index is 1.53. The normalized spacial score (nSPS) is 12.8. The summed E-state index contributed by atoms with van der Waals surface area (Å²) in [6.45, 7) is 0.0418. The number of carbonyl (C=O) groups is 3. The molecule has 0 saturated carbocycles. The van der Waals surface area contributed by atoms with Gasteiger partial charge in [0.25, 0.3) is 17.7 Å². The molecule has 3 aromatic rings. The minimum Gasteiger partial charge on any atom is -0.319 e. The number of hydrogen-bond donors (Lipinski definition) is 1. The van der Waals surface area contributed by atoms with E-state index in [1.54, 1.807) is 54.6 Å². The van der Waals surface area contributed by atoms with Crippen LogP contribution >= 0.6 is 15.9 Å². The maximum absolute atomic E-state index is 14.0. The van der Waals surface area contributed by atoms with Gasteiger partial charge in [0.1, 0.15) is 5.82 Å². The number of halogens is 2. The zero-order valence-corrected chi connectivity index (χ0v) is 16.6. The highest BCUT2D eigenvalue weighted by Crippen LogP contribution is 2.25. The number of imide groups is 1. The zero-order valence-electron chi connectivity index (χ0n) is 15.0. The summed E-state index contributed by atoms with van der Waals surface area (Å²) in [5.74, 6) is -1.78. The number of nitrogens with zero attached hydrogens (tertiary/aromatic N) is 1. The third-order valence-electron chi connectivity index (χ3n) is 4.59. The summed E-state index contributed by atoms with van der Waals surface area (Å²) in [6.07, 6.45) is 0. The number of anilines is 1. The molecule has 144 valence electrons. The van der Waals surface area contributed by atoms with E-state index in [1.807, 2.05) is 0 Å². The third-order valence-corrected chi connectivity index (χ3v) is 5.08. The lowest BCUT2D eigenvalue weighted by Gasteiger charge is -2.14. The van der Waals surface area contributed by atoms with Gasteiger partial charge in [0.2, 0.25) is 0 Å². The Morgan fingerprint density at radius 3 is 2.28 bits per heavy atom. The fourth-order valence-electron chi connectivity index (χ4n) is 3.16. The van der Waals surface area contributed by atoms with Gasteiger partial charge < -0.3 is 5.32 Å². The smallest absolute Gasteiger partial charge is 0.261 e. The summed E-state index contributed by atoms with van der Waals surface area (Å²) in [5.41, 5.74) is 1.71. The molecule has 0 unspecified atom stereocenters. The van der Waals surface area contributed by atoms with Gasteiger partial charge in [-0.3, -0.25) is 19.3 Å². The molecular formula is C22H14BrFN2O3. The largest absolute Gasteiger partial charge is 0.319 e. The summed E-state index contributed by atoms with van der Waals surface area (Å²) >= 11 is 3.17. The quantitative estimate of drug-likeness (QED) is 0.586. The molecule has 1 aliphatic heterocycles. The van der Waals surface area contributed by atoms with Crippen LogP contribution in [0.2, 0.25) is 0 Å². The van der Waals surface area contributed by atoms with E-state index < -0.39 is 11.7 Å². The molecule has 7 heteroatoms. The van der Waals surface area contributed by atoms with E-state index in [9.17, 15) is 18.8 Å². The van der Waals surface area contributed by atoms with Crippen LogP contribution in [0.4, 0.5) is 10.1 Å². The van der Waals surface area contributed by atoms with Crippen molar-refractivity contribution in [1.82, 2.24) is 4.90 Å². The van der Waals surface area contributed by atoms with E-state index in [2.05, 4.69) is 21.2 Å². The predicted octanol–water partition coefficient (Wildman–Crippen LogP) is 4.64. The fraction of sp³-hybridized carbons (Fsp3) is 0.0455. The standard InChI is InChI=1S/C22H14BrFN2O3/c23-15-8-9-19(18(24)11-15)25-20(27)14-5-3-4-13(10-14)12-26-21(28)16-6-1-2-7-17(16)22(26)29/h1-11H,12H2,(H,25,27). The van der Waals surface area contributed by atoms with E-state index in [1.165, 1.54) is 12.1 Å². The number of hydrogen-bond acceptors (Lipinski definition) is 3. The molecule has 0 saturated heterocycles. The van der Waals surface area contributed by atoms with Crippen molar-refractivity contribution >= 4 is 39.3 Å². The molecule has 3 aromatic carbocycles.